The number of carbonyl (C=O) groups excluding carboxylic acids is 1. The van der Waals surface area contributed by atoms with E-state index < -0.39 is 5.97 Å². The van der Waals surface area contributed by atoms with Crippen molar-refractivity contribution in [2.75, 3.05) is 7.11 Å². The molecule has 0 saturated carbocycles. The lowest BCUT2D eigenvalue weighted by atomic mass is 10.2. The van der Waals surface area contributed by atoms with Crippen LogP contribution in [0, 0.1) is 3.57 Å². The van der Waals surface area contributed by atoms with Gasteiger partial charge in [-0.2, -0.15) is 0 Å². The van der Waals surface area contributed by atoms with E-state index >= 15 is 0 Å². The molecule has 0 aromatic heterocycles. The van der Waals surface area contributed by atoms with E-state index in [2.05, 4.69) is 22.6 Å². The number of esters is 1. The zero-order valence-corrected chi connectivity index (χ0v) is 11.9. The maximum Gasteiger partial charge on any atom is 0.341 e. The lowest BCUT2D eigenvalue weighted by Crippen LogP contribution is -2.03. The fourth-order valence-electron chi connectivity index (χ4n) is 1.47. The second-order valence-electron chi connectivity index (χ2n) is 3.55. The van der Waals surface area contributed by atoms with Crippen LogP contribution in [0.1, 0.15) is 10.4 Å². The molecule has 0 radical (unpaired) electrons. The first-order valence-corrected chi connectivity index (χ1v) is 6.39. The highest BCUT2D eigenvalue weighted by Crippen LogP contribution is 2.27. The quantitative estimate of drug-likeness (QED) is 0.620. The first kappa shape index (κ1) is 12.9. The van der Waals surface area contributed by atoms with E-state index in [9.17, 15) is 4.79 Å². The summed E-state index contributed by atoms with van der Waals surface area (Å²) in [6.45, 7) is 0. The second-order valence-corrected chi connectivity index (χ2v) is 4.79. The van der Waals surface area contributed by atoms with Crippen molar-refractivity contribution >= 4 is 28.6 Å². The number of carbonyl (C=O) groups is 1. The number of methoxy groups -OCH3 is 1. The molecule has 2 aromatic rings. The van der Waals surface area contributed by atoms with Gasteiger partial charge in [0.25, 0.3) is 0 Å². The number of halogens is 1. The van der Waals surface area contributed by atoms with Crippen LogP contribution in [0.5, 0.6) is 11.5 Å². The molecule has 92 valence electrons. The minimum Gasteiger partial charge on any atom is -0.465 e. The lowest BCUT2D eigenvalue weighted by Gasteiger charge is -2.10. The third kappa shape index (κ3) is 3.01. The highest BCUT2D eigenvalue weighted by atomic mass is 127. The lowest BCUT2D eigenvalue weighted by molar-refractivity contribution is 0.0598. The molecule has 2 rings (SSSR count). The summed E-state index contributed by atoms with van der Waals surface area (Å²) in [7, 11) is 1.35. The third-order valence-corrected chi connectivity index (χ3v) is 2.99. The van der Waals surface area contributed by atoms with Gasteiger partial charge in [0.2, 0.25) is 0 Å². The largest absolute Gasteiger partial charge is 0.465 e. The smallest absolute Gasteiger partial charge is 0.341 e. The van der Waals surface area contributed by atoms with Crippen molar-refractivity contribution in [1.29, 1.82) is 0 Å². The van der Waals surface area contributed by atoms with Crippen molar-refractivity contribution in [3.05, 3.63) is 57.7 Å². The van der Waals surface area contributed by atoms with Crippen molar-refractivity contribution in [3.63, 3.8) is 0 Å². The first-order chi connectivity index (χ1) is 8.70. The Labute approximate surface area is 119 Å². The molecule has 0 saturated heterocycles. The molecular weight excluding hydrogens is 343 g/mol. The molecule has 0 spiro atoms. The molecule has 0 N–H and O–H groups in total. The summed E-state index contributed by atoms with van der Waals surface area (Å²) in [5, 5.41) is 0. The highest BCUT2D eigenvalue weighted by Gasteiger charge is 2.13. The van der Waals surface area contributed by atoms with Gasteiger partial charge in [-0.1, -0.05) is 18.2 Å². The van der Waals surface area contributed by atoms with Crippen LogP contribution in [0.3, 0.4) is 0 Å². The van der Waals surface area contributed by atoms with E-state index in [1.165, 1.54) is 7.11 Å². The first-order valence-electron chi connectivity index (χ1n) is 5.31. The van der Waals surface area contributed by atoms with Gasteiger partial charge < -0.3 is 9.47 Å². The Kier molecular flexibility index (Phi) is 4.19. The fraction of sp³-hybridized carbons (Fsp3) is 0.0714. The predicted octanol–water partition coefficient (Wildman–Crippen LogP) is 3.87. The van der Waals surface area contributed by atoms with E-state index in [-0.39, 0.29) is 0 Å². The van der Waals surface area contributed by atoms with Crippen molar-refractivity contribution in [1.82, 2.24) is 0 Å². The van der Waals surface area contributed by atoms with Crippen molar-refractivity contribution in [2.24, 2.45) is 0 Å². The topological polar surface area (TPSA) is 35.5 Å². The van der Waals surface area contributed by atoms with Crippen LogP contribution in [-0.4, -0.2) is 13.1 Å². The fourth-order valence-corrected chi connectivity index (χ4v) is 1.94. The average molecular weight is 354 g/mol. The van der Waals surface area contributed by atoms with Gasteiger partial charge in [0.05, 0.1) is 7.11 Å². The maximum absolute atomic E-state index is 11.6. The number of hydrogen-bond acceptors (Lipinski definition) is 3. The van der Waals surface area contributed by atoms with Crippen LogP contribution in [0.4, 0.5) is 0 Å². The number of ether oxygens (including phenoxy) is 2. The third-order valence-electron chi connectivity index (χ3n) is 2.32. The zero-order chi connectivity index (χ0) is 13.0. The van der Waals surface area contributed by atoms with Crippen molar-refractivity contribution in [2.45, 2.75) is 0 Å². The average Bonchev–Trinajstić information content (AvgIpc) is 2.39. The summed E-state index contributed by atoms with van der Waals surface area (Å²) >= 11 is 2.17. The number of benzene rings is 2. The Hall–Kier alpha value is -1.56. The van der Waals surface area contributed by atoms with Crippen LogP contribution in [0.2, 0.25) is 0 Å². The Morgan fingerprint density at radius 2 is 1.83 bits per heavy atom. The monoisotopic (exact) mass is 354 g/mol. The number of rotatable bonds is 3. The Morgan fingerprint density at radius 1 is 1.11 bits per heavy atom. The summed E-state index contributed by atoms with van der Waals surface area (Å²) in [4.78, 5) is 11.6. The normalized spacial score (nSPS) is 9.89. The van der Waals surface area contributed by atoms with Gasteiger partial charge in [-0.05, 0) is 52.9 Å². The number of para-hydroxylation sites is 1. The van der Waals surface area contributed by atoms with Crippen LogP contribution in [0.25, 0.3) is 0 Å². The minimum atomic E-state index is -0.405. The van der Waals surface area contributed by atoms with E-state index in [1.54, 1.807) is 12.1 Å². The summed E-state index contributed by atoms with van der Waals surface area (Å²) in [6, 6.07) is 14.7. The summed E-state index contributed by atoms with van der Waals surface area (Å²) in [5.74, 6) is 0.780. The standard InChI is InChI=1S/C14H11IO3/c1-17-14(16)12-8-7-10(15)9-13(12)18-11-5-3-2-4-6-11/h2-9H,1H3. The zero-order valence-electron chi connectivity index (χ0n) is 9.72. The van der Waals surface area contributed by atoms with Crippen LogP contribution >= 0.6 is 22.6 Å². The second kappa shape index (κ2) is 5.86. The Morgan fingerprint density at radius 3 is 2.50 bits per heavy atom. The van der Waals surface area contributed by atoms with Crippen molar-refractivity contribution < 1.29 is 14.3 Å². The molecule has 0 unspecified atom stereocenters. The molecule has 3 nitrogen and oxygen atoms in total. The van der Waals surface area contributed by atoms with Gasteiger partial charge in [-0.15, -0.1) is 0 Å². The van der Waals surface area contributed by atoms with E-state index in [0.717, 1.165) is 3.57 Å². The van der Waals surface area contributed by atoms with Gasteiger partial charge in [0.15, 0.2) is 0 Å². The summed E-state index contributed by atoms with van der Waals surface area (Å²) < 4.78 is 11.4. The van der Waals surface area contributed by atoms with Gasteiger partial charge in [-0.3, -0.25) is 0 Å². The van der Waals surface area contributed by atoms with E-state index in [4.69, 9.17) is 9.47 Å². The van der Waals surface area contributed by atoms with Gasteiger partial charge >= 0.3 is 5.97 Å². The van der Waals surface area contributed by atoms with Gasteiger partial charge in [-0.25, -0.2) is 4.79 Å². The molecule has 18 heavy (non-hydrogen) atoms. The highest BCUT2D eigenvalue weighted by molar-refractivity contribution is 14.1. The molecule has 0 heterocycles. The maximum atomic E-state index is 11.6. The van der Waals surface area contributed by atoms with Gasteiger partial charge in [0.1, 0.15) is 17.1 Å². The molecule has 0 amide bonds. The van der Waals surface area contributed by atoms with Crippen LogP contribution in [-0.2, 0) is 4.74 Å². The summed E-state index contributed by atoms with van der Waals surface area (Å²) in [5.41, 5.74) is 0.418. The van der Waals surface area contributed by atoms with E-state index in [1.807, 2.05) is 36.4 Å². The molecule has 2 aromatic carbocycles. The summed E-state index contributed by atoms with van der Waals surface area (Å²) in [6.07, 6.45) is 0. The molecule has 0 atom stereocenters. The molecule has 0 aliphatic heterocycles. The van der Waals surface area contributed by atoms with Crippen molar-refractivity contribution in [3.8, 4) is 11.5 Å². The predicted molar refractivity (Wildman–Crippen MR) is 77.0 cm³/mol. The molecule has 4 heteroatoms. The van der Waals surface area contributed by atoms with Gasteiger partial charge in [0, 0.05) is 3.57 Å². The molecule has 0 fully saturated rings. The molecule has 0 bridgehead atoms. The SMILES string of the molecule is COC(=O)c1ccc(I)cc1Oc1ccccc1. The molecule has 0 aliphatic carbocycles. The number of hydrogen-bond donors (Lipinski definition) is 0. The Balaban J connectivity index is 2.36. The minimum absolute atomic E-state index is 0.405. The Bertz CT molecular complexity index is 552. The van der Waals surface area contributed by atoms with E-state index in [0.29, 0.717) is 17.1 Å². The molecular formula is C14H11IO3. The molecule has 0 aliphatic rings. The van der Waals surface area contributed by atoms with Crippen LogP contribution in [0.15, 0.2) is 48.5 Å². The van der Waals surface area contributed by atoms with Crippen LogP contribution < -0.4 is 4.74 Å².